The van der Waals surface area contributed by atoms with E-state index in [0.29, 0.717) is 24.2 Å². The Bertz CT molecular complexity index is 987. The summed E-state index contributed by atoms with van der Waals surface area (Å²) in [6.07, 6.45) is 3.49. The van der Waals surface area contributed by atoms with Gasteiger partial charge in [-0.05, 0) is 37.4 Å². The molecule has 0 saturated heterocycles. The van der Waals surface area contributed by atoms with Gasteiger partial charge in [-0.2, -0.15) is 0 Å². The Balaban J connectivity index is 1.63. The summed E-state index contributed by atoms with van der Waals surface area (Å²) < 4.78 is 3.51. The summed E-state index contributed by atoms with van der Waals surface area (Å²) >= 11 is 0. The number of urea groups is 1. The van der Waals surface area contributed by atoms with Crippen LogP contribution in [0, 0.1) is 13.8 Å². The number of imidazole rings is 1. The van der Waals surface area contributed by atoms with Gasteiger partial charge in [0.15, 0.2) is 0 Å². The summed E-state index contributed by atoms with van der Waals surface area (Å²) in [5.41, 5.74) is 2.57. The van der Waals surface area contributed by atoms with Crippen molar-refractivity contribution in [3.05, 3.63) is 58.5 Å². The third-order valence-electron chi connectivity index (χ3n) is 4.32. The van der Waals surface area contributed by atoms with Crippen LogP contribution < -0.4 is 16.2 Å². The van der Waals surface area contributed by atoms with Gasteiger partial charge in [-0.1, -0.05) is 6.07 Å². The first-order valence-corrected chi connectivity index (χ1v) is 8.08. The fourth-order valence-corrected chi connectivity index (χ4v) is 2.65. The van der Waals surface area contributed by atoms with Crippen molar-refractivity contribution in [1.29, 1.82) is 0 Å². The molecule has 2 heterocycles. The second-order valence-electron chi connectivity index (χ2n) is 6.02. The van der Waals surface area contributed by atoms with Gasteiger partial charge in [-0.3, -0.25) is 4.79 Å². The molecule has 1 aromatic carbocycles. The molecule has 0 unspecified atom stereocenters. The minimum absolute atomic E-state index is 0.0903. The van der Waals surface area contributed by atoms with Gasteiger partial charge in [0.1, 0.15) is 0 Å². The molecule has 0 fully saturated rings. The Morgan fingerprint density at radius 3 is 2.76 bits per heavy atom. The van der Waals surface area contributed by atoms with Crippen molar-refractivity contribution in [2.45, 2.75) is 20.4 Å². The zero-order chi connectivity index (χ0) is 18.0. The van der Waals surface area contributed by atoms with E-state index in [1.54, 1.807) is 31.7 Å². The van der Waals surface area contributed by atoms with Crippen LogP contribution in [0.25, 0.3) is 10.8 Å². The van der Waals surface area contributed by atoms with Gasteiger partial charge in [0, 0.05) is 43.1 Å². The highest BCUT2D eigenvalue weighted by Gasteiger charge is 2.06. The summed E-state index contributed by atoms with van der Waals surface area (Å²) in [4.78, 5) is 28.4. The minimum atomic E-state index is -0.304. The molecule has 0 spiro atoms. The monoisotopic (exact) mass is 339 g/mol. The number of fused-ring (bicyclic) bond motifs is 1. The molecule has 0 aliphatic heterocycles. The van der Waals surface area contributed by atoms with Gasteiger partial charge in [-0.15, -0.1) is 0 Å². The Labute approximate surface area is 145 Å². The maximum Gasteiger partial charge on any atom is 0.319 e. The first-order valence-electron chi connectivity index (χ1n) is 8.08. The van der Waals surface area contributed by atoms with Crippen molar-refractivity contribution in [1.82, 2.24) is 19.4 Å². The fraction of sp³-hybridized carbons (Fsp3) is 0.278. The lowest BCUT2D eigenvalue weighted by Gasteiger charge is -2.10. The average molecular weight is 339 g/mol. The van der Waals surface area contributed by atoms with Gasteiger partial charge in [-0.25, -0.2) is 9.78 Å². The Hall–Kier alpha value is -3.09. The van der Waals surface area contributed by atoms with Crippen molar-refractivity contribution in [3.63, 3.8) is 0 Å². The van der Waals surface area contributed by atoms with Crippen molar-refractivity contribution >= 4 is 22.5 Å². The molecule has 0 aliphatic rings. The van der Waals surface area contributed by atoms with Crippen LogP contribution in [0.4, 0.5) is 10.5 Å². The number of carbonyl (C=O) groups excluding carboxylic acids is 1. The fourth-order valence-electron chi connectivity index (χ4n) is 2.65. The highest BCUT2D eigenvalue weighted by atomic mass is 16.2. The van der Waals surface area contributed by atoms with E-state index in [-0.39, 0.29) is 11.6 Å². The molecule has 3 aromatic rings. The molecular weight excluding hydrogens is 318 g/mol. The largest absolute Gasteiger partial charge is 0.336 e. The lowest BCUT2D eigenvalue weighted by Crippen LogP contribution is -2.31. The quantitative estimate of drug-likeness (QED) is 0.764. The molecule has 7 nitrogen and oxygen atoms in total. The number of hydrogen-bond donors (Lipinski definition) is 2. The van der Waals surface area contributed by atoms with E-state index < -0.39 is 0 Å². The highest BCUT2D eigenvalue weighted by Crippen LogP contribution is 2.15. The van der Waals surface area contributed by atoms with Crippen LogP contribution in [0.3, 0.4) is 0 Å². The van der Waals surface area contributed by atoms with Crippen LogP contribution >= 0.6 is 0 Å². The number of carbonyl (C=O) groups is 1. The van der Waals surface area contributed by atoms with Gasteiger partial charge in [0.2, 0.25) is 0 Å². The van der Waals surface area contributed by atoms with Crippen molar-refractivity contribution in [2.24, 2.45) is 7.05 Å². The number of aromatic nitrogens is 3. The van der Waals surface area contributed by atoms with Crippen molar-refractivity contribution in [2.75, 3.05) is 11.9 Å². The maximum atomic E-state index is 12.2. The number of rotatable bonds is 4. The average Bonchev–Trinajstić information content (AvgIpc) is 2.91. The molecule has 0 aliphatic carbocycles. The van der Waals surface area contributed by atoms with Crippen LogP contribution in [0.2, 0.25) is 0 Å². The first-order chi connectivity index (χ1) is 12.0. The number of benzene rings is 1. The third kappa shape index (κ3) is 3.55. The molecule has 25 heavy (non-hydrogen) atoms. The highest BCUT2D eigenvalue weighted by molar-refractivity contribution is 5.93. The number of hydrogen-bond acceptors (Lipinski definition) is 3. The summed E-state index contributed by atoms with van der Waals surface area (Å²) in [7, 11) is 1.70. The van der Waals surface area contributed by atoms with Crippen LogP contribution in [-0.4, -0.2) is 26.7 Å². The lowest BCUT2D eigenvalue weighted by molar-refractivity contribution is 0.251. The van der Waals surface area contributed by atoms with E-state index in [1.165, 1.54) is 4.57 Å². The van der Waals surface area contributed by atoms with Crippen LogP contribution in [-0.2, 0) is 13.6 Å². The van der Waals surface area contributed by atoms with Crippen LogP contribution in [0.15, 0.2) is 41.6 Å². The second kappa shape index (κ2) is 6.80. The summed E-state index contributed by atoms with van der Waals surface area (Å²) in [5, 5.41) is 7.00. The summed E-state index contributed by atoms with van der Waals surface area (Å²) in [5.74, 6) is 0. The van der Waals surface area contributed by atoms with Crippen LogP contribution in [0.5, 0.6) is 0 Å². The van der Waals surface area contributed by atoms with Gasteiger partial charge < -0.3 is 19.8 Å². The van der Waals surface area contributed by atoms with E-state index in [2.05, 4.69) is 15.6 Å². The Morgan fingerprint density at radius 2 is 2.04 bits per heavy atom. The van der Waals surface area contributed by atoms with Crippen molar-refractivity contribution in [3.8, 4) is 0 Å². The van der Waals surface area contributed by atoms with E-state index in [4.69, 9.17) is 0 Å². The van der Waals surface area contributed by atoms with E-state index in [1.807, 2.05) is 30.5 Å². The third-order valence-corrected chi connectivity index (χ3v) is 4.32. The molecule has 0 bridgehead atoms. The van der Waals surface area contributed by atoms with Gasteiger partial charge in [0.25, 0.3) is 5.56 Å². The Kier molecular flexibility index (Phi) is 4.56. The number of pyridine rings is 1. The molecule has 7 heteroatoms. The molecule has 0 atom stereocenters. The minimum Gasteiger partial charge on any atom is -0.336 e. The molecular formula is C18H21N5O2. The maximum absolute atomic E-state index is 12.2. The molecule has 2 N–H and O–H groups in total. The zero-order valence-electron chi connectivity index (χ0n) is 14.5. The number of nitrogens with one attached hydrogen (secondary N) is 2. The summed E-state index contributed by atoms with van der Waals surface area (Å²) in [6, 6.07) is 6.87. The zero-order valence-corrected chi connectivity index (χ0v) is 14.5. The van der Waals surface area contributed by atoms with E-state index >= 15 is 0 Å². The molecule has 130 valence electrons. The van der Waals surface area contributed by atoms with E-state index in [0.717, 1.165) is 16.8 Å². The van der Waals surface area contributed by atoms with E-state index in [9.17, 15) is 9.59 Å². The smallest absolute Gasteiger partial charge is 0.319 e. The summed E-state index contributed by atoms with van der Waals surface area (Å²) in [6.45, 7) is 5.09. The van der Waals surface area contributed by atoms with Gasteiger partial charge >= 0.3 is 6.03 Å². The predicted octanol–water partition coefficient (Wildman–Crippen LogP) is 2.17. The molecule has 2 amide bonds. The number of aryl methyl sites for hydroxylation is 2. The molecule has 2 aromatic heterocycles. The Morgan fingerprint density at radius 1 is 1.24 bits per heavy atom. The second-order valence-corrected chi connectivity index (χ2v) is 6.02. The molecule has 3 rings (SSSR count). The molecule has 0 saturated carbocycles. The standard InChI is InChI=1S/C18H21N5O2/c1-12-13(2)23(11-20-12)9-7-19-18(25)21-15-5-4-14-6-8-22(3)17(24)16(14)10-15/h4-6,8,10-11H,7,9H2,1-3H3,(H2,19,21,25). The number of amides is 2. The number of anilines is 1. The topological polar surface area (TPSA) is 81.0 Å². The van der Waals surface area contributed by atoms with Gasteiger partial charge in [0.05, 0.1) is 12.0 Å². The predicted molar refractivity (Wildman–Crippen MR) is 97.9 cm³/mol. The lowest BCUT2D eigenvalue weighted by atomic mass is 10.1. The van der Waals surface area contributed by atoms with Crippen molar-refractivity contribution < 1.29 is 4.79 Å². The SMILES string of the molecule is Cc1ncn(CCNC(=O)Nc2ccc3ccn(C)c(=O)c3c2)c1C. The normalized spacial score (nSPS) is 10.8. The first kappa shape index (κ1) is 16.8. The molecule has 0 radical (unpaired) electrons. The van der Waals surface area contributed by atoms with Crippen LogP contribution in [0.1, 0.15) is 11.4 Å². The number of nitrogens with zero attached hydrogens (tertiary/aromatic N) is 3.